The van der Waals surface area contributed by atoms with E-state index in [9.17, 15) is 14.0 Å². The Hall–Kier alpha value is -3.37. The van der Waals surface area contributed by atoms with E-state index in [1.54, 1.807) is 12.1 Å². The Bertz CT molecular complexity index is 1170. The first-order valence-corrected chi connectivity index (χ1v) is 13.9. The van der Waals surface area contributed by atoms with Gasteiger partial charge in [0.2, 0.25) is 5.91 Å². The van der Waals surface area contributed by atoms with Crippen LogP contribution in [-0.2, 0) is 4.79 Å². The molecule has 0 spiro atoms. The number of carbonyl (C=O) groups is 2. The van der Waals surface area contributed by atoms with Crippen LogP contribution in [0, 0.1) is 5.82 Å². The minimum atomic E-state index is -0.581. The summed E-state index contributed by atoms with van der Waals surface area (Å²) in [4.78, 5) is 30.7. The SMILES string of the molecule is CC1CN(c2ccc(C(=O)N[C@@H](CCCN[C@@H]3C[C@H]3c3ccc(F)cc3)C(=O)N3CCN(C)CC3)cc2)N=N1. The highest BCUT2D eigenvalue weighted by molar-refractivity contribution is 5.97. The maximum absolute atomic E-state index is 13.4. The molecule has 4 atom stereocenters. The van der Waals surface area contributed by atoms with Crippen molar-refractivity contribution in [1.29, 1.82) is 0 Å². The highest BCUT2D eigenvalue weighted by Crippen LogP contribution is 2.40. The Balaban J connectivity index is 1.15. The molecule has 2 aromatic rings. The molecule has 3 aliphatic rings. The molecule has 2 amide bonds. The van der Waals surface area contributed by atoms with Crippen LogP contribution in [0.3, 0.4) is 0 Å². The van der Waals surface area contributed by atoms with Crippen LogP contribution in [0.15, 0.2) is 58.9 Å². The number of hydrogen-bond donors (Lipinski definition) is 2. The van der Waals surface area contributed by atoms with Crippen LogP contribution in [0.25, 0.3) is 0 Å². The van der Waals surface area contributed by atoms with Crippen LogP contribution < -0.4 is 15.6 Å². The molecule has 2 N–H and O–H groups in total. The van der Waals surface area contributed by atoms with Crippen molar-refractivity contribution in [2.75, 3.05) is 51.3 Å². The molecule has 1 saturated heterocycles. The normalized spacial score (nSPS) is 23.6. The van der Waals surface area contributed by atoms with Gasteiger partial charge in [-0.05, 0) is 81.7 Å². The molecule has 2 aliphatic heterocycles. The van der Waals surface area contributed by atoms with Gasteiger partial charge in [-0.25, -0.2) is 9.40 Å². The molecule has 10 heteroatoms. The number of carbonyl (C=O) groups excluding carboxylic acids is 2. The number of halogens is 1. The van der Waals surface area contributed by atoms with E-state index in [2.05, 4.69) is 32.9 Å². The molecule has 1 aliphatic carbocycles. The van der Waals surface area contributed by atoms with Crippen LogP contribution in [0.2, 0.25) is 0 Å². The van der Waals surface area contributed by atoms with Gasteiger partial charge in [-0.15, -0.1) is 0 Å². The Morgan fingerprint density at radius 1 is 1.05 bits per heavy atom. The molecular formula is C29H38FN7O2. The molecule has 0 aromatic heterocycles. The smallest absolute Gasteiger partial charge is 0.251 e. The molecule has 0 bridgehead atoms. The molecule has 9 nitrogen and oxygen atoms in total. The van der Waals surface area contributed by atoms with Crippen molar-refractivity contribution in [1.82, 2.24) is 20.4 Å². The number of anilines is 1. The topological polar surface area (TPSA) is 92.6 Å². The lowest BCUT2D eigenvalue weighted by molar-refractivity contribution is -0.135. The second-order valence-corrected chi connectivity index (χ2v) is 10.9. The van der Waals surface area contributed by atoms with Crippen LogP contribution in [0.5, 0.6) is 0 Å². The van der Waals surface area contributed by atoms with Crippen molar-refractivity contribution >= 4 is 17.5 Å². The van der Waals surface area contributed by atoms with E-state index in [0.29, 0.717) is 43.6 Å². The maximum atomic E-state index is 13.4. The van der Waals surface area contributed by atoms with Crippen LogP contribution in [0.1, 0.15) is 48.0 Å². The van der Waals surface area contributed by atoms with Gasteiger partial charge in [-0.1, -0.05) is 17.4 Å². The predicted molar refractivity (Wildman–Crippen MR) is 148 cm³/mol. The van der Waals surface area contributed by atoms with E-state index < -0.39 is 6.04 Å². The fourth-order valence-corrected chi connectivity index (χ4v) is 5.25. The van der Waals surface area contributed by atoms with Crippen LogP contribution >= 0.6 is 0 Å². The number of piperazine rings is 1. The van der Waals surface area contributed by atoms with Crippen LogP contribution in [-0.4, -0.2) is 86.1 Å². The summed E-state index contributed by atoms with van der Waals surface area (Å²) in [5, 5.41) is 16.7. The van der Waals surface area contributed by atoms with Crippen LogP contribution in [0.4, 0.5) is 10.1 Å². The van der Waals surface area contributed by atoms with Gasteiger partial charge < -0.3 is 20.4 Å². The average Bonchev–Trinajstić information content (AvgIpc) is 3.59. The largest absolute Gasteiger partial charge is 0.340 e. The van der Waals surface area contributed by atoms with Crippen molar-refractivity contribution in [2.45, 2.75) is 50.2 Å². The van der Waals surface area contributed by atoms with E-state index in [-0.39, 0.29) is 23.7 Å². The summed E-state index contributed by atoms with van der Waals surface area (Å²) in [5.74, 6) is -0.0842. The molecule has 0 radical (unpaired) electrons. The number of nitrogens with zero attached hydrogens (tertiary/aromatic N) is 5. The van der Waals surface area contributed by atoms with Gasteiger partial charge in [0.05, 0.1) is 18.3 Å². The predicted octanol–water partition coefficient (Wildman–Crippen LogP) is 3.20. The monoisotopic (exact) mass is 535 g/mol. The average molecular weight is 536 g/mol. The molecule has 2 aromatic carbocycles. The second-order valence-electron chi connectivity index (χ2n) is 10.9. The van der Waals surface area contributed by atoms with Crippen molar-refractivity contribution < 1.29 is 14.0 Å². The molecule has 39 heavy (non-hydrogen) atoms. The van der Waals surface area contributed by atoms with Crippen molar-refractivity contribution in [3.8, 4) is 0 Å². The lowest BCUT2D eigenvalue weighted by Gasteiger charge is -2.34. The van der Waals surface area contributed by atoms with E-state index in [1.807, 2.05) is 41.1 Å². The minimum absolute atomic E-state index is 0.0184. The lowest BCUT2D eigenvalue weighted by Crippen LogP contribution is -2.54. The van der Waals surface area contributed by atoms with Crippen molar-refractivity contribution in [3.05, 3.63) is 65.5 Å². The summed E-state index contributed by atoms with van der Waals surface area (Å²) < 4.78 is 13.2. The zero-order valence-corrected chi connectivity index (χ0v) is 22.7. The fourth-order valence-electron chi connectivity index (χ4n) is 5.25. The van der Waals surface area contributed by atoms with Crippen molar-refractivity contribution in [2.24, 2.45) is 10.3 Å². The third-order valence-corrected chi connectivity index (χ3v) is 7.80. The Kier molecular flexibility index (Phi) is 8.52. The molecule has 1 saturated carbocycles. The Morgan fingerprint density at radius 2 is 1.77 bits per heavy atom. The summed E-state index contributed by atoms with van der Waals surface area (Å²) in [6.07, 6.45) is 2.34. The number of rotatable bonds is 10. The van der Waals surface area contributed by atoms with Gasteiger partial charge in [0.15, 0.2) is 0 Å². The first kappa shape index (κ1) is 27.2. The molecule has 2 heterocycles. The standard InChI is InChI=1S/C29H38FN7O2/c1-20-19-37(34-33-20)24-11-7-22(8-12-24)28(38)32-26(29(39)36-16-14-35(2)15-17-36)4-3-13-31-27-18-25(27)21-5-9-23(30)10-6-21/h5-12,20,25-27,31H,3-4,13-19H2,1-2H3,(H,32,38)/t20?,25-,26-,27+/m0/s1. The van der Waals surface area contributed by atoms with Gasteiger partial charge in [0, 0.05) is 43.7 Å². The summed E-state index contributed by atoms with van der Waals surface area (Å²) in [6, 6.07) is 13.9. The van der Waals surface area contributed by atoms with E-state index >= 15 is 0 Å². The van der Waals surface area contributed by atoms with Gasteiger partial charge in [-0.3, -0.25) is 9.59 Å². The Morgan fingerprint density at radius 3 is 2.44 bits per heavy atom. The zero-order chi connectivity index (χ0) is 27.4. The van der Waals surface area contributed by atoms with Gasteiger partial charge in [-0.2, -0.15) is 5.11 Å². The molecule has 208 valence electrons. The van der Waals surface area contributed by atoms with E-state index in [0.717, 1.165) is 43.7 Å². The third kappa shape index (κ3) is 6.99. The second kappa shape index (κ2) is 12.2. The first-order chi connectivity index (χ1) is 18.9. The van der Waals surface area contributed by atoms with E-state index in [4.69, 9.17) is 0 Å². The Labute approximate surface area is 229 Å². The summed E-state index contributed by atoms with van der Waals surface area (Å²) in [5.41, 5.74) is 2.55. The first-order valence-electron chi connectivity index (χ1n) is 13.9. The quantitative estimate of drug-likeness (QED) is 0.456. The fraction of sp³-hybridized carbons (Fsp3) is 0.517. The summed E-state index contributed by atoms with van der Waals surface area (Å²) in [6.45, 7) is 6.46. The third-order valence-electron chi connectivity index (χ3n) is 7.80. The van der Waals surface area contributed by atoms with Gasteiger partial charge in [0.1, 0.15) is 11.9 Å². The number of hydrogen-bond acceptors (Lipinski definition) is 7. The molecule has 1 unspecified atom stereocenters. The number of amides is 2. The van der Waals surface area contributed by atoms with Gasteiger partial charge >= 0.3 is 0 Å². The molecule has 2 fully saturated rings. The zero-order valence-electron chi connectivity index (χ0n) is 22.7. The maximum Gasteiger partial charge on any atom is 0.251 e. The van der Waals surface area contributed by atoms with E-state index in [1.165, 1.54) is 12.1 Å². The lowest BCUT2D eigenvalue weighted by atomic mass is 10.1. The summed E-state index contributed by atoms with van der Waals surface area (Å²) >= 11 is 0. The van der Waals surface area contributed by atoms with Crippen molar-refractivity contribution in [3.63, 3.8) is 0 Å². The highest BCUT2D eigenvalue weighted by Gasteiger charge is 2.37. The van der Waals surface area contributed by atoms with Gasteiger partial charge in [0.25, 0.3) is 5.91 Å². The number of likely N-dealkylation sites (N-methyl/N-ethyl adjacent to an activating group) is 1. The number of nitrogens with one attached hydrogen (secondary N) is 2. The minimum Gasteiger partial charge on any atom is -0.340 e. The number of benzene rings is 2. The summed E-state index contributed by atoms with van der Waals surface area (Å²) in [7, 11) is 2.05. The molecule has 5 rings (SSSR count). The highest BCUT2D eigenvalue weighted by atomic mass is 19.1. The molecular weight excluding hydrogens is 497 g/mol.